The SMILES string of the molecule is CC(C)N1CCc2nc(C(=O)N[C@H]3C(C(C)(C)C)N(C(=O)O)CC[C@@H]3NC(=O)c3cc4cc(F)ccc4[nH]3)sc2C1. The highest BCUT2D eigenvalue weighted by Crippen LogP contribution is 2.34. The molecule has 41 heavy (non-hydrogen) atoms. The second kappa shape index (κ2) is 11.1. The van der Waals surface area contributed by atoms with Crippen LogP contribution in [-0.2, 0) is 13.0 Å². The van der Waals surface area contributed by atoms with Gasteiger partial charge < -0.3 is 25.6 Å². The van der Waals surface area contributed by atoms with Crippen LogP contribution in [0, 0.1) is 11.2 Å². The Kier molecular flexibility index (Phi) is 7.82. The molecule has 3 atom stereocenters. The minimum atomic E-state index is -1.08. The summed E-state index contributed by atoms with van der Waals surface area (Å²) in [5.41, 5.74) is 1.25. The fourth-order valence-electron chi connectivity index (χ4n) is 6.01. The van der Waals surface area contributed by atoms with Crippen molar-refractivity contribution in [3.05, 3.63) is 51.4 Å². The van der Waals surface area contributed by atoms with Gasteiger partial charge in [0.05, 0.1) is 23.8 Å². The number of rotatable bonds is 5. The fourth-order valence-corrected chi connectivity index (χ4v) is 7.05. The van der Waals surface area contributed by atoms with E-state index in [1.807, 2.05) is 20.8 Å². The molecule has 3 aromatic rings. The molecule has 1 aromatic carbocycles. The third-order valence-electron chi connectivity index (χ3n) is 8.05. The number of hydrogen-bond acceptors (Lipinski definition) is 6. The zero-order valence-corrected chi connectivity index (χ0v) is 24.8. The molecule has 3 amide bonds. The highest BCUT2D eigenvalue weighted by Gasteiger charge is 2.47. The first kappa shape index (κ1) is 29.0. The number of thiazole rings is 1. The number of piperidine rings is 1. The van der Waals surface area contributed by atoms with Crippen LogP contribution in [0.1, 0.15) is 71.9 Å². The average Bonchev–Trinajstić information content (AvgIpc) is 3.52. The Balaban J connectivity index is 1.42. The zero-order valence-electron chi connectivity index (χ0n) is 24.0. The number of aromatic nitrogens is 2. The molecular formula is C29H37FN6O4S. The number of carbonyl (C=O) groups excluding carboxylic acids is 2. The maximum atomic E-state index is 13.7. The number of carbonyl (C=O) groups is 3. The summed E-state index contributed by atoms with van der Waals surface area (Å²) in [7, 11) is 0. The van der Waals surface area contributed by atoms with Crippen LogP contribution in [0.2, 0.25) is 0 Å². The van der Waals surface area contributed by atoms with Gasteiger partial charge in [-0.25, -0.2) is 14.2 Å². The number of halogens is 1. The molecule has 0 radical (unpaired) electrons. The van der Waals surface area contributed by atoms with E-state index in [0.29, 0.717) is 28.4 Å². The molecular weight excluding hydrogens is 547 g/mol. The average molecular weight is 585 g/mol. The molecule has 2 aliphatic rings. The van der Waals surface area contributed by atoms with Crippen molar-refractivity contribution < 1.29 is 23.9 Å². The molecule has 0 saturated carbocycles. The van der Waals surface area contributed by atoms with Crippen LogP contribution < -0.4 is 10.6 Å². The third kappa shape index (κ3) is 5.94. The minimum Gasteiger partial charge on any atom is -0.465 e. The van der Waals surface area contributed by atoms with Gasteiger partial charge in [0.2, 0.25) is 0 Å². The van der Waals surface area contributed by atoms with Gasteiger partial charge >= 0.3 is 6.09 Å². The lowest BCUT2D eigenvalue weighted by Gasteiger charge is -2.50. The number of likely N-dealkylation sites (tertiary alicyclic amines) is 1. The number of aromatic amines is 1. The lowest BCUT2D eigenvalue weighted by atomic mass is 9.75. The van der Waals surface area contributed by atoms with Crippen molar-refractivity contribution in [1.29, 1.82) is 0 Å². The predicted octanol–water partition coefficient (Wildman–Crippen LogP) is 4.23. The number of benzene rings is 1. The van der Waals surface area contributed by atoms with Crippen LogP contribution in [-0.4, -0.2) is 80.0 Å². The second-order valence-corrected chi connectivity index (χ2v) is 13.4. The van der Waals surface area contributed by atoms with E-state index >= 15 is 0 Å². The molecule has 12 heteroatoms. The lowest BCUT2D eigenvalue weighted by molar-refractivity contribution is 0.0226. The van der Waals surface area contributed by atoms with Gasteiger partial charge in [0, 0.05) is 47.9 Å². The number of fused-ring (bicyclic) bond motifs is 2. The van der Waals surface area contributed by atoms with E-state index in [2.05, 4.69) is 39.3 Å². The summed E-state index contributed by atoms with van der Waals surface area (Å²) in [4.78, 5) is 51.7. The van der Waals surface area contributed by atoms with E-state index in [4.69, 9.17) is 0 Å². The van der Waals surface area contributed by atoms with Crippen LogP contribution in [0.5, 0.6) is 0 Å². The van der Waals surface area contributed by atoms with Gasteiger partial charge in [0.25, 0.3) is 11.8 Å². The van der Waals surface area contributed by atoms with Crippen molar-refractivity contribution in [3.8, 4) is 0 Å². The first-order valence-corrected chi connectivity index (χ1v) is 14.8. The third-order valence-corrected chi connectivity index (χ3v) is 9.13. The molecule has 1 saturated heterocycles. The van der Waals surface area contributed by atoms with Crippen molar-refractivity contribution in [2.24, 2.45) is 5.41 Å². The predicted molar refractivity (Wildman–Crippen MR) is 155 cm³/mol. The van der Waals surface area contributed by atoms with Crippen molar-refractivity contribution in [2.45, 2.75) is 78.2 Å². The van der Waals surface area contributed by atoms with Gasteiger partial charge in [-0.3, -0.25) is 14.5 Å². The first-order valence-electron chi connectivity index (χ1n) is 13.9. The van der Waals surface area contributed by atoms with E-state index < -0.39 is 41.4 Å². The minimum absolute atomic E-state index is 0.198. The van der Waals surface area contributed by atoms with Gasteiger partial charge in [-0.1, -0.05) is 20.8 Å². The number of nitrogens with zero attached hydrogens (tertiary/aromatic N) is 3. The Morgan fingerprint density at radius 2 is 1.90 bits per heavy atom. The quantitative estimate of drug-likeness (QED) is 0.355. The maximum Gasteiger partial charge on any atom is 0.407 e. The molecule has 4 heterocycles. The number of carboxylic acid groups (broad SMARTS) is 1. The number of H-pyrrole nitrogens is 1. The molecule has 2 aliphatic heterocycles. The monoisotopic (exact) mass is 584 g/mol. The Hall–Kier alpha value is -3.51. The second-order valence-electron chi connectivity index (χ2n) is 12.3. The largest absolute Gasteiger partial charge is 0.465 e. The summed E-state index contributed by atoms with van der Waals surface area (Å²) in [6, 6.07) is 4.31. The molecule has 5 rings (SSSR count). The molecule has 0 aliphatic carbocycles. The van der Waals surface area contributed by atoms with Crippen LogP contribution in [0.15, 0.2) is 24.3 Å². The van der Waals surface area contributed by atoms with E-state index in [1.165, 1.54) is 28.4 Å². The molecule has 0 bridgehead atoms. The standard InChI is InChI=1S/C29H37FN6O4S/c1-15(2)35-10-8-19-22(14-35)41-27(33-19)26(38)34-23-20(9-11-36(28(39)40)24(23)29(3,4)5)32-25(37)21-13-16-12-17(30)6-7-18(16)31-21/h6-7,12-13,15,20,23-24,31H,8-11,14H2,1-5H3,(H,32,37)(H,34,38)(H,39,40)/t20-,23+,24?/m0/s1. The molecule has 2 aromatic heterocycles. The maximum absolute atomic E-state index is 13.7. The Bertz CT molecular complexity index is 1480. The normalized spacial score (nSPS) is 21.6. The number of amides is 3. The lowest BCUT2D eigenvalue weighted by Crippen LogP contribution is -2.69. The van der Waals surface area contributed by atoms with E-state index in [0.717, 1.165) is 30.1 Å². The van der Waals surface area contributed by atoms with E-state index in [9.17, 15) is 23.9 Å². The van der Waals surface area contributed by atoms with Gasteiger partial charge in [-0.15, -0.1) is 11.3 Å². The molecule has 10 nitrogen and oxygen atoms in total. The van der Waals surface area contributed by atoms with Gasteiger partial charge in [0.1, 0.15) is 11.5 Å². The van der Waals surface area contributed by atoms with Crippen LogP contribution >= 0.6 is 11.3 Å². The van der Waals surface area contributed by atoms with Crippen LogP contribution in [0.3, 0.4) is 0 Å². The first-order chi connectivity index (χ1) is 19.3. The summed E-state index contributed by atoms with van der Waals surface area (Å²) in [5.74, 6) is -1.20. The van der Waals surface area contributed by atoms with Gasteiger partial charge in [-0.2, -0.15) is 0 Å². The molecule has 4 N–H and O–H groups in total. The number of nitrogens with one attached hydrogen (secondary N) is 3. The Morgan fingerprint density at radius 3 is 2.59 bits per heavy atom. The van der Waals surface area contributed by atoms with Gasteiger partial charge in [-0.05, 0) is 49.9 Å². The number of hydrogen-bond donors (Lipinski definition) is 4. The van der Waals surface area contributed by atoms with Crippen molar-refractivity contribution in [3.63, 3.8) is 0 Å². The van der Waals surface area contributed by atoms with Crippen LogP contribution in [0.25, 0.3) is 10.9 Å². The van der Waals surface area contributed by atoms with E-state index in [-0.39, 0.29) is 18.1 Å². The summed E-state index contributed by atoms with van der Waals surface area (Å²) >= 11 is 1.37. The highest BCUT2D eigenvalue weighted by atomic mass is 32.1. The highest BCUT2D eigenvalue weighted by molar-refractivity contribution is 7.13. The van der Waals surface area contributed by atoms with Gasteiger partial charge in [0.15, 0.2) is 5.01 Å². The fraction of sp³-hybridized carbons (Fsp3) is 0.517. The Morgan fingerprint density at radius 1 is 1.15 bits per heavy atom. The Labute approximate surface area is 242 Å². The molecule has 220 valence electrons. The van der Waals surface area contributed by atoms with E-state index in [1.54, 1.807) is 12.1 Å². The zero-order chi connectivity index (χ0) is 29.6. The summed E-state index contributed by atoms with van der Waals surface area (Å²) in [6.07, 6.45) is -0.00189. The smallest absolute Gasteiger partial charge is 0.407 e. The molecule has 1 fully saturated rings. The van der Waals surface area contributed by atoms with Crippen molar-refractivity contribution in [1.82, 2.24) is 30.4 Å². The van der Waals surface area contributed by atoms with Crippen molar-refractivity contribution in [2.75, 3.05) is 13.1 Å². The summed E-state index contributed by atoms with van der Waals surface area (Å²) < 4.78 is 13.7. The van der Waals surface area contributed by atoms with Crippen LogP contribution in [0.4, 0.5) is 9.18 Å². The molecule has 1 unspecified atom stereocenters. The molecule has 0 spiro atoms. The summed E-state index contributed by atoms with van der Waals surface area (Å²) in [5, 5.41) is 17.0. The van der Waals surface area contributed by atoms with Crippen molar-refractivity contribution >= 4 is 40.1 Å². The topological polar surface area (TPSA) is 131 Å². The summed E-state index contributed by atoms with van der Waals surface area (Å²) in [6.45, 7) is 11.9.